The fraction of sp³-hybridized carbons (Fsp3) is 0.0909. The molecule has 3 rings (SSSR count). The first-order valence-electron chi connectivity index (χ1n) is 5.15. The molecule has 0 aliphatic carbocycles. The Hall–Kier alpha value is -2.50. The zero-order valence-electron chi connectivity index (χ0n) is 9.19. The molecule has 2 aromatic heterocycles. The van der Waals surface area contributed by atoms with E-state index in [1.165, 1.54) is 0 Å². The van der Waals surface area contributed by atoms with Crippen molar-refractivity contribution >= 4 is 16.9 Å². The number of aromatic nitrogens is 4. The van der Waals surface area contributed by atoms with Crippen molar-refractivity contribution in [1.82, 2.24) is 19.7 Å². The molecular weight excluding hydrogens is 218 g/mol. The van der Waals surface area contributed by atoms with Gasteiger partial charge in [0.15, 0.2) is 5.82 Å². The molecule has 6 heteroatoms. The highest BCUT2D eigenvalue weighted by atomic mass is 16.1. The largest absolute Gasteiger partial charge is 0.382 e. The van der Waals surface area contributed by atoms with Gasteiger partial charge in [-0.1, -0.05) is 6.07 Å². The van der Waals surface area contributed by atoms with Crippen LogP contribution in [0.4, 0.5) is 5.82 Å². The standard InChI is InChI=1S/C11H11N5O/c1-16-5-7(10(12)15-16)6-2-3-8-9(4-6)14-11(17)13-8/h2-5H,1H3,(H2,12,15)(H2,13,14,17). The van der Waals surface area contributed by atoms with E-state index >= 15 is 0 Å². The third-order valence-corrected chi connectivity index (χ3v) is 2.68. The van der Waals surface area contributed by atoms with E-state index in [0.29, 0.717) is 5.82 Å². The average molecular weight is 229 g/mol. The van der Waals surface area contributed by atoms with Gasteiger partial charge in [0.25, 0.3) is 0 Å². The first-order valence-corrected chi connectivity index (χ1v) is 5.15. The number of hydrogen-bond acceptors (Lipinski definition) is 3. The van der Waals surface area contributed by atoms with E-state index < -0.39 is 0 Å². The minimum Gasteiger partial charge on any atom is -0.382 e. The summed E-state index contributed by atoms with van der Waals surface area (Å²) >= 11 is 0. The number of nitrogen functional groups attached to an aromatic ring is 1. The van der Waals surface area contributed by atoms with E-state index in [9.17, 15) is 4.79 Å². The smallest absolute Gasteiger partial charge is 0.323 e. The van der Waals surface area contributed by atoms with Crippen molar-refractivity contribution in [2.75, 3.05) is 5.73 Å². The zero-order chi connectivity index (χ0) is 12.0. The van der Waals surface area contributed by atoms with Crippen molar-refractivity contribution in [3.05, 3.63) is 34.9 Å². The van der Waals surface area contributed by atoms with Crippen molar-refractivity contribution < 1.29 is 0 Å². The number of hydrogen-bond donors (Lipinski definition) is 3. The van der Waals surface area contributed by atoms with Crippen LogP contribution in [-0.2, 0) is 7.05 Å². The number of benzene rings is 1. The summed E-state index contributed by atoms with van der Waals surface area (Å²) in [5.41, 5.74) is 8.92. The van der Waals surface area contributed by atoms with Crippen LogP contribution in [0.1, 0.15) is 0 Å². The number of fused-ring (bicyclic) bond motifs is 1. The molecule has 0 fully saturated rings. The molecular formula is C11H11N5O. The lowest BCUT2D eigenvalue weighted by atomic mass is 10.1. The number of rotatable bonds is 1. The Morgan fingerprint density at radius 2 is 2.06 bits per heavy atom. The Balaban J connectivity index is 2.23. The SMILES string of the molecule is Cn1cc(-c2ccc3[nH]c(=O)[nH]c3c2)c(N)n1. The van der Waals surface area contributed by atoms with Crippen LogP contribution in [0.3, 0.4) is 0 Å². The van der Waals surface area contributed by atoms with Crippen LogP contribution in [0.25, 0.3) is 22.2 Å². The van der Waals surface area contributed by atoms with Gasteiger partial charge in [0.2, 0.25) is 0 Å². The van der Waals surface area contributed by atoms with Gasteiger partial charge in [-0.05, 0) is 17.7 Å². The Morgan fingerprint density at radius 3 is 2.76 bits per heavy atom. The molecule has 0 bridgehead atoms. The van der Waals surface area contributed by atoms with E-state index in [1.807, 2.05) is 31.4 Å². The summed E-state index contributed by atoms with van der Waals surface area (Å²) in [4.78, 5) is 16.6. The van der Waals surface area contributed by atoms with Crippen LogP contribution >= 0.6 is 0 Å². The van der Waals surface area contributed by atoms with E-state index in [2.05, 4.69) is 15.1 Å². The maximum absolute atomic E-state index is 11.2. The molecule has 0 saturated carbocycles. The molecule has 3 aromatic rings. The van der Waals surface area contributed by atoms with Gasteiger partial charge in [-0.2, -0.15) is 5.10 Å². The van der Waals surface area contributed by atoms with Crippen LogP contribution in [0.5, 0.6) is 0 Å². The normalized spacial score (nSPS) is 11.1. The van der Waals surface area contributed by atoms with Crippen molar-refractivity contribution in [3.63, 3.8) is 0 Å². The number of H-pyrrole nitrogens is 2. The lowest BCUT2D eigenvalue weighted by molar-refractivity contribution is 0.772. The first kappa shape index (κ1) is 9.71. The van der Waals surface area contributed by atoms with Crippen LogP contribution in [0.2, 0.25) is 0 Å². The van der Waals surface area contributed by atoms with E-state index in [4.69, 9.17) is 5.73 Å². The lowest BCUT2D eigenvalue weighted by Gasteiger charge is -1.98. The van der Waals surface area contributed by atoms with Gasteiger partial charge in [0.05, 0.1) is 11.0 Å². The quantitative estimate of drug-likeness (QED) is 0.577. The van der Waals surface area contributed by atoms with Gasteiger partial charge in [-0.3, -0.25) is 4.68 Å². The Morgan fingerprint density at radius 1 is 1.29 bits per heavy atom. The second kappa shape index (κ2) is 3.24. The van der Waals surface area contributed by atoms with Crippen molar-refractivity contribution in [2.24, 2.45) is 7.05 Å². The highest BCUT2D eigenvalue weighted by Crippen LogP contribution is 2.26. The van der Waals surface area contributed by atoms with Gasteiger partial charge in [-0.15, -0.1) is 0 Å². The maximum Gasteiger partial charge on any atom is 0.323 e. The molecule has 0 aliphatic rings. The minimum atomic E-state index is -0.212. The number of nitrogens with zero attached hydrogens (tertiary/aromatic N) is 2. The summed E-state index contributed by atoms with van der Waals surface area (Å²) in [6.45, 7) is 0. The zero-order valence-corrected chi connectivity index (χ0v) is 9.19. The summed E-state index contributed by atoms with van der Waals surface area (Å²) in [6, 6.07) is 5.62. The fourth-order valence-electron chi connectivity index (χ4n) is 1.93. The molecule has 4 N–H and O–H groups in total. The summed E-state index contributed by atoms with van der Waals surface area (Å²) in [5.74, 6) is 0.477. The number of nitrogens with one attached hydrogen (secondary N) is 2. The highest BCUT2D eigenvalue weighted by molar-refractivity contribution is 5.84. The average Bonchev–Trinajstić information content (AvgIpc) is 2.78. The number of aromatic amines is 2. The Kier molecular flexibility index (Phi) is 1.85. The summed E-state index contributed by atoms with van der Waals surface area (Å²) in [6.07, 6.45) is 1.85. The molecule has 0 aliphatic heterocycles. The molecule has 6 nitrogen and oxygen atoms in total. The molecule has 0 saturated heterocycles. The van der Waals surface area contributed by atoms with Gasteiger partial charge < -0.3 is 15.7 Å². The minimum absolute atomic E-state index is 0.212. The van der Waals surface area contributed by atoms with Gasteiger partial charge in [-0.25, -0.2) is 4.79 Å². The highest BCUT2D eigenvalue weighted by Gasteiger charge is 2.08. The second-order valence-electron chi connectivity index (χ2n) is 3.94. The Labute approximate surface area is 96.1 Å². The lowest BCUT2D eigenvalue weighted by Crippen LogP contribution is -1.99. The number of anilines is 1. The molecule has 0 radical (unpaired) electrons. The number of nitrogens with two attached hydrogens (primary N) is 1. The summed E-state index contributed by atoms with van der Waals surface area (Å²) in [7, 11) is 1.82. The summed E-state index contributed by atoms with van der Waals surface area (Å²) in [5, 5.41) is 4.09. The van der Waals surface area contributed by atoms with E-state index in [-0.39, 0.29) is 5.69 Å². The van der Waals surface area contributed by atoms with Crippen LogP contribution in [-0.4, -0.2) is 19.7 Å². The monoisotopic (exact) mass is 229 g/mol. The predicted octanol–water partition coefficient (Wildman–Crippen LogP) is 0.839. The van der Waals surface area contributed by atoms with Crippen LogP contribution in [0.15, 0.2) is 29.2 Å². The van der Waals surface area contributed by atoms with Crippen LogP contribution in [0, 0.1) is 0 Å². The van der Waals surface area contributed by atoms with Crippen molar-refractivity contribution in [2.45, 2.75) is 0 Å². The Bertz CT molecular complexity index is 749. The van der Waals surface area contributed by atoms with Crippen molar-refractivity contribution in [3.8, 4) is 11.1 Å². The molecule has 0 unspecified atom stereocenters. The fourth-order valence-corrected chi connectivity index (χ4v) is 1.93. The van der Waals surface area contributed by atoms with E-state index in [1.54, 1.807) is 4.68 Å². The van der Waals surface area contributed by atoms with Crippen LogP contribution < -0.4 is 11.4 Å². The molecule has 17 heavy (non-hydrogen) atoms. The third-order valence-electron chi connectivity index (χ3n) is 2.68. The molecule has 1 aromatic carbocycles. The number of aryl methyl sites for hydroxylation is 1. The van der Waals surface area contributed by atoms with Gasteiger partial charge in [0.1, 0.15) is 0 Å². The first-order chi connectivity index (χ1) is 8.13. The molecule has 86 valence electrons. The van der Waals surface area contributed by atoms with Gasteiger partial charge >= 0.3 is 5.69 Å². The molecule has 0 spiro atoms. The second-order valence-corrected chi connectivity index (χ2v) is 3.94. The maximum atomic E-state index is 11.2. The molecule has 0 amide bonds. The molecule has 2 heterocycles. The number of imidazole rings is 1. The summed E-state index contributed by atoms with van der Waals surface area (Å²) < 4.78 is 1.66. The third kappa shape index (κ3) is 1.50. The van der Waals surface area contributed by atoms with E-state index in [0.717, 1.165) is 22.2 Å². The van der Waals surface area contributed by atoms with Gasteiger partial charge in [0, 0.05) is 18.8 Å². The molecule has 0 atom stereocenters. The van der Waals surface area contributed by atoms with Crippen molar-refractivity contribution in [1.29, 1.82) is 0 Å². The topological polar surface area (TPSA) is 92.5 Å². The predicted molar refractivity (Wildman–Crippen MR) is 65.5 cm³/mol.